The summed E-state index contributed by atoms with van der Waals surface area (Å²) >= 11 is 0. The van der Waals surface area contributed by atoms with Gasteiger partial charge in [-0.1, -0.05) is 48.5 Å². The van der Waals surface area contributed by atoms with Crippen LogP contribution in [0.5, 0.6) is 0 Å². The van der Waals surface area contributed by atoms with Gasteiger partial charge in [0.2, 0.25) is 0 Å². The third-order valence-electron chi connectivity index (χ3n) is 7.80. The fraction of sp³-hybridized carbons (Fsp3) is 0.515. The molecular formula is C33H38O15. The lowest BCUT2D eigenvalue weighted by Gasteiger charge is -2.50. The summed E-state index contributed by atoms with van der Waals surface area (Å²) in [4.78, 5) is 49.6. The Bertz CT molecular complexity index is 1400. The lowest BCUT2D eigenvalue weighted by Crippen LogP contribution is -2.67. The predicted octanol–water partition coefficient (Wildman–Crippen LogP) is 1.60. The summed E-state index contributed by atoms with van der Waals surface area (Å²) in [5.41, 5.74) is 0.877. The van der Waals surface area contributed by atoms with Crippen LogP contribution in [-0.4, -0.2) is 111 Å². The summed E-state index contributed by atoms with van der Waals surface area (Å²) in [6, 6.07) is 17.1. The van der Waals surface area contributed by atoms with E-state index in [-0.39, 0.29) is 12.2 Å². The number of ether oxygens (including phenoxy) is 10. The van der Waals surface area contributed by atoms with Gasteiger partial charge in [-0.2, -0.15) is 0 Å². The van der Waals surface area contributed by atoms with Gasteiger partial charge in [-0.3, -0.25) is 14.4 Å². The SMILES string of the molecule is CO[C@@H]1O[C@H](COC(C)=O)[C@@H](OC(C)=O)[C@H](O[C@@H]2O[C@@H]3COC(c4ccccc4)O[C@H]3[C@H](O)[C@H]2OC(=O)c2ccccc2)[C@H]1OC(C)=O. The van der Waals surface area contributed by atoms with Gasteiger partial charge in [-0.15, -0.1) is 0 Å². The fourth-order valence-electron chi connectivity index (χ4n) is 5.71. The summed E-state index contributed by atoms with van der Waals surface area (Å²) in [5.74, 6) is -2.96. The third-order valence-corrected chi connectivity index (χ3v) is 7.80. The van der Waals surface area contributed by atoms with Crippen LogP contribution in [0, 0.1) is 0 Å². The van der Waals surface area contributed by atoms with E-state index in [2.05, 4.69) is 0 Å². The van der Waals surface area contributed by atoms with E-state index >= 15 is 0 Å². The Morgan fingerprint density at radius 1 is 0.750 bits per heavy atom. The lowest BCUT2D eigenvalue weighted by atomic mass is 9.95. The number of hydrogen-bond donors (Lipinski definition) is 1. The molecule has 48 heavy (non-hydrogen) atoms. The Kier molecular flexibility index (Phi) is 11.8. The molecule has 11 atom stereocenters. The first-order valence-electron chi connectivity index (χ1n) is 15.3. The highest BCUT2D eigenvalue weighted by Gasteiger charge is 2.57. The van der Waals surface area contributed by atoms with Crippen LogP contribution in [0.1, 0.15) is 43.0 Å². The Hall–Kier alpha value is -3.96. The van der Waals surface area contributed by atoms with Crippen LogP contribution in [0.4, 0.5) is 0 Å². The van der Waals surface area contributed by atoms with Crippen molar-refractivity contribution in [3.05, 3.63) is 71.8 Å². The minimum Gasteiger partial charge on any atom is -0.463 e. The van der Waals surface area contributed by atoms with Gasteiger partial charge in [0.15, 0.2) is 37.2 Å². The fourth-order valence-corrected chi connectivity index (χ4v) is 5.71. The molecule has 15 heteroatoms. The maximum atomic E-state index is 13.3. The molecule has 3 saturated heterocycles. The van der Waals surface area contributed by atoms with Gasteiger partial charge in [0.25, 0.3) is 0 Å². The number of aliphatic hydroxyl groups excluding tert-OH is 1. The van der Waals surface area contributed by atoms with Crippen molar-refractivity contribution in [3.8, 4) is 0 Å². The molecular weight excluding hydrogens is 636 g/mol. The number of carbonyl (C=O) groups excluding carboxylic acids is 4. The molecule has 2 aromatic carbocycles. The second-order valence-electron chi connectivity index (χ2n) is 11.3. The highest BCUT2D eigenvalue weighted by Crippen LogP contribution is 2.38. The zero-order valence-electron chi connectivity index (χ0n) is 26.7. The van der Waals surface area contributed by atoms with E-state index in [1.54, 1.807) is 30.3 Å². The number of esters is 4. The van der Waals surface area contributed by atoms with E-state index < -0.39 is 98.2 Å². The van der Waals surface area contributed by atoms with Crippen LogP contribution in [0.25, 0.3) is 0 Å². The molecule has 0 aromatic heterocycles. The van der Waals surface area contributed by atoms with Crippen LogP contribution in [0.2, 0.25) is 0 Å². The van der Waals surface area contributed by atoms with E-state index in [1.165, 1.54) is 26.2 Å². The number of carbonyl (C=O) groups is 4. The highest BCUT2D eigenvalue weighted by atomic mass is 16.8. The monoisotopic (exact) mass is 674 g/mol. The van der Waals surface area contributed by atoms with Gasteiger partial charge in [-0.05, 0) is 12.1 Å². The molecule has 0 bridgehead atoms. The Balaban J connectivity index is 1.49. The van der Waals surface area contributed by atoms with Crippen LogP contribution in [0.3, 0.4) is 0 Å². The van der Waals surface area contributed by atoms with Crippen LogP contribution >= 0.6 is 0 Å². The number of methoxy groups -OCH3 is 1. The molecule has 3 aliphatic rings. The number of fused-ring (bicyclic) bond motifs is 1. The summed E-state index contributed by atoms with van der Waals surface area (Å²) in [7, 11) is 1.28. The van der Waals surface area contributed by atoms with E-state index in [9.17, 15) is 24.3 Å². The lowest BCUT2D eigenvalue weighted by molar-refractivity contribution is -0.384. The number of rotatable bonds is 10. The third kappa shape index (κ3) is 8.36. The standard InChI is InChI=1S/C33H38O15/c1-17(34)40-15-23-26(42-18(2)35)28(29(43-19(3)36)32(39-4)44-23)48-33-27(46-30(38)20-11-7-5-8-12-20)24(37)25-22(45-33)16-41-31(47-25)21-13-9-6-10-14-21/h5-14,22-29,31-33,37H,15-16H2,1-4H3/t22-,23-,24+,25-,26-,27-,28+,29-,31?,32-,33+/m1/s1. The molecule has 0 amide bonds. The zero-order valence-corrected chi connectivity index (χ0v) is 26.7. The van der Waals surface area contributed by atoms with Crippen LogP contribution < -0.4 is 0 Å². The largest absolute Gasteiger partial charge is 0.463 e. The molecule has 0 saturated carbocycles. The zero-order chi connectivity index (χ0) is 34.4. The van der Waals surface area contributed by atoms with E-state index in [1.807, 2.05) is 18.2 Å². The normalized spacial score (nSPS) is 33.1. The molecule has 0 radical (unpaired) electrons. The minimum absolute atomic E-state index is 0.0508. The van der Waals surface area contributed by atoms with Crippen molar-refractivity contribution in [1.29, 1.82) is 0 Å². The van der Waals surface area contributed by atoms with Crippen LogP contribution in [-0.2, 0) is 61.8 Å². The Labute approximate surface area is 276 Å². The summed E-state index contributed by atoms with van der Waals surface area (Å²) in [6.45, 7) is 3.02. The van der Waals surface area contributed by atoms with Crippen molar-refractivity contribution in [2.45, 2.75) is 88.5 Å². The maximum Gasteiger partial charge on any atom is 0.338 e. The van der Waals surface area contributed by atoms with E-state index in [4.69, 9.17) is 47.4 Å². The minimum atomic E-state index is -1.57. The van der Waals surface area contributed by atoms with Crippen molar-refractivity contribution < 1.29 is 71.7 Å². The molecule has 1 unspecified atom stereocenters. The van der Waals surface area contributed by atoms with Gasteiger partial charge < -0.3 is 52.5 Å². The number of benzene rings is 2. The molecule has 2 aromatic rings. The van der Waals surface area contributed by atoms with Gasteiger partial charge >= 0.3 is 23.9 Å². The molecule has 15 nitrogen and oxygen atoms in total. The summed E-state index contributed by atoms with van der Waals surface area (Å²) in [5, 5.41) is 11.7. The second kappa shape index (κ2) is 16.0. The molecule has 3 heterocycles. The van der Waals surface area contributed by atoms with Crippen molar-refractivity contribution in [2.24, 2.45) is 0 Å². The molecule has 3 aliphatic heterocycles. The first-order valence-corrected chi connectivity index (χ1v) is 15.3. The van der Waals surface area contributed by atoms with Crippen LogP contribution in [0.15, 0.2) is 60.7 Å². The van der Waals surface area contributed by atoms with Crippen molar-refractivity contribution in [1.82, 2.24) is 0 Å². The predicted molar refractivity (Wildman–Crippen MR) is 159 cm³/mol. The smallest absolute Gasteiger partial charge is 0.338 e. The summed E-state index contributed by atoms with van der Waals surface area (Å²) < 4.78 is 58.1. The first-order chi connectivity index (χ1) is 23.0. The Morgan fingerprint density at radius 3 is 2.02 bits per heavy atom. The van der Waals surface area contributed by atoms with Crippen molar-refractivity contribution >= 4 is 23.9 Å². The van der Waals surface area contributed by atoms with E-state index in [0.717, 1.165) is 13.8 Å². The molecule has 260 valence electrons. The quantitative estimate of drug-likeness (QED) is 0.283. The first kappa shape index (κ1) is 35.3. The van der Waals surface area contributed by atoms with Gasteiger partial charge in [0.05, 0.1) is 12.2 Å². The highest BCUT2D eigenvalue weighted by molar-refractivity contribution is 5.89. The second-order valence-corrected chi connectivity index (χ2v) is 11.3. The van der Waals surface area contributed by atoms with E-state index in [0.29, 0.717) is 5.56 Å². The van der Waals surface area contributed by atoms with Gasteiger partial charge in [0.1, 0.15) is 37.1 Å². The maximum absolute atomic E-state index is 13.3. The average molecular weight is 675 g/mol. The van der Waals surface area contributed by atoms with Crippen molar-refractivity contribution in [2.75, 3.05) is 20.3 Å². The molecule has 0 aliphatic carbocycles. The van der Waals surface area contributed by atoms with Gasteiger partial charge in [-0.25, -0.2) is 4.79 Å². The molecule has 1 N–H and O–H groups in total. The number of hydrogen-bond acceptors (Lipinski definition) is 15. The molecule has 0 spiro atoms. The molecule has 3 fully saturated rings. The number of aliphatic hydroxyl groups is 1. The Morgan fingerprint density at radius 2 is 1.40 bits per heavy atom. The van der Waals surface area contributed by atoms with Crippen molar-refractivity contribution in [3.63, 3.8) is 0 Å². The van der Waals surface area contributed by atoms with Gasteiger partial charge in [0, 0.05) is 33.4 Å². The summed E-state index contributed by atoms with van der Waals surface area (Å²) in [6.07, 6.45) is -14.1. The average Bonchev–Trinajstić information content (AvgIpc) is 3.07. The topological polar surface area (TPSA) is 181 Å². The molecule has 5 rings (SSSR count).